The average Bonchev–Trinajstić information content (AvgIpc) is 3.24. The third-order valence-electron chi connectivity index (χ3n) is 4.56. The summed E-state index contributed by atoms with van der Waals surface area (Å²) in [4.78, 5) is 6.55. The van der Waals surface area contributed by atoms with Crippen molar-refractivity contribution in [2.45, 2.75) is 11.4 Å². The van der Waals surface area contributed by atoms with Crippen molar-refractivity contribution in [1.29, 1.82) is 0 Å². The first-order valence-corrected chi connectivity index (χ1v) is 10.3. The molecule has 1 N–H and O–H groups in total. The van der Waals surface area contributed by atoms with Crippen LogP contribution in [0.5, 0.6) is 5.88 Å². The van der Waals surface area contributed by atoms with Gasteiger partial charge < -0.3 is 18.7 Å². The molecule has 0 aliphatic heterocycles. The first-order chi connectivity index (χ1) is 13.8. The third-order valence-corrected chi connectivity index (χ3v) is 5.95. The van der Waals surface area contributed by atoms with Gasteiger partial charge in [0.2, 0.25) is 5.88 Å². The van der Waals surface area contributed by atoms with E-state index in [2.05, 4.69) is 14.9 Å². The van der Waals surface area contributed by atoms with Gasteiger partial charge in [0.05, 0.1) is 17.7 Å². The van der Waals surface area contributed by atoms with Gasteiger partial charge in [0, 0.05) is 36.8 Å². The summed E-state index contributed by atoms with van der Waals surface area (Å²) in [5.74, 6) is 0.282. The van der Waals surface area contributed by atoms with Crippen molar-refractivity contribution in [3.8, 4) is 5.88 Å². The number of nitrogens with one attached hydrogen (secondary N) is 1. The molecule has 3 aromatic heterocycles. The van der Waals surface area contributed by atoms with E-state index in [0.717, 1.165) is 11.2 Å². The molecule has 10 heteroatoms. The van der Waals surface area contributed by atoms with Gasteiger partial charge in [-0.15, -0.1) is 0 Å². The average molecular weight is 415 g/mol. The van der Waals surface area contributed by atoms with E-state index in [1.165, 1.54) is 7.11 Å². The lowest BCUT2D eigenvalue weighted by Crippen LogP contribution is -2.14. The van der Waals surface area contributed by atoms with Crippen LogP contribution in [-0.2, 0) is 23.6 Å². The van der Waals surface area contributed by atoms with Crippen LogP contribution in [0.3, 0.4) is 0 Å². The van der Waals surface area contributed by atoms with Crippen LogP contribution in [0.4, 0.5) is 5.82 Å². The number of benzene rings is 1. The normalized spacial score (nSPS) is 12.2. The SMILES string of the molecule is COc1nc(CN(C)C)cc2onc(NS(=O)(=O)c3cccc4c3ccn4C)c12. The summed E-state index contributed by atoms with van der Waals surface area (Å²) >= 11 is 0. The van der Waals surface area contributed by atoms with Crippen LogP contribution in [0.1, 0.15) is 5.69 Å². The molecule has 0 radical (unpaired) electrons. The number of fused-ring (bicyclic) bond motifs is 2. The summed E-state index contributed by atoms with van der Waals surface area (Å²) in [6.45, 7) is 0.573. The predicted octanol–water partition coefficient (Wildman–Crippen LogP) is 2.59. The third kappa shape index (κ3) is 3.40. The number of pyridine rings is 1. The van der Waals surface area contributed by atoms with E-state index < -0.39 is 10.0 Å². The van der Waals surface area contributed by atoms with Crippen LogP contribution in [0.15, 0.2) is 45.9 Å². The maximum Gasteiger partial charge on any atom is 0.263 e. The van der Waals surface area contributed by atoms with Crippen LogP contribution >= 0.6 is 0 Å². The number of hydrogen-bond acceptors (Lipinski definition) is 7. The smallest absolute Gasteiger partial charge is 0.263 e. The van der Waals surface area contributed by atoms with Crippen molar-refractivity contribution in [3.63, 3.8) is 0 Å². The first-order valence-electron chi connectivity index (χ1n) is 8.85. The highest BCUT2D eigenvalue weighted by atomic mass is 32.2. The summed E-state index contributed by atoms with van der Waals surface area (Å²) < 4.78 is 41.3. The Bertz CT molecular complexity index is 1310. The van der Waals surface area contributed by atoms with Gasteiger partial charge in [-0.05, 0) is 32.3 Å². The largest absolute Gasteiger partial charge is 0.480 e. The van der Waals surface area contributed by atoms with Crippen LogP contribution in [0, 0.1) is 0 Å². The molecule has 29 heavy (non-hydrogen) atoms. The Labute approximate surface area is 167 Å². The molecule has 4 aromatic rings. The topological polar surface area (TPSA) is 102 Å². The number of ether oxygens (including phenoxy) is 1. The molecule has 0 fully saturated rings. The van der Waals surface area contributed by atoms with Gasteiger partial charge in [-0.1, -0.05) is 11.2 Å². The highest BCUT2D eigenvalue weighted by Crippen LogP contribution is 2.33. The van der Waals surface area contributed by atoms with Crippen molar-refractivity contribution < 1.29 is 17.7 Å². The molecule has 9 nitrogen and oxygen atoms in total. The number of anilines is 1. The van der Waals surface area contributed by atoms with E-state index in [1.54, 1.807) is 24.3 Å². The summed E-state index contributed by atoms with van der Waals surface area (Å²) in [7, 11) is 3.25. The van der Waals surface area contributed by atoms with Gasteiger partial charge in [0.25, 0.3) is 10.0 Å². The molecule has 0 aliphatic carbocycles. The molecule has 0 saturated heterocycles. The molecule has 3 heterocycles. The predicted molar refractivity (Wildman–Crippen MR) is 109 cm³/mol. The Hall–Kier alpha value is -3.11. The Morgan fingerprint density at radius 2 is 2.07 bits per heavy atom. The Balaban J connectivity index is 1.79. The molecular weight excluding hydrogens is 394 g/mol. The standard InChI is InChI=1S/C19H21N5O4S/c1-23(2)11-12-10-15-17(19(20-12)27-4)18(21-28-15)22-29(25,26)16-7-5-6-14-13(16)8-9-24(14)3/h5-10H,11H2,1-4H3,(H,21,22). The quantitative estimate of drug-likeness (QED) is 0.516. The van der Waals surface area contributed by atoms with E-state index >= 15 is 0 Å². The van der Waals surface area contributed by atoms with Crippen LogP contribution in [-0.4, -0.2) is 49.2 Å². The van der Waals surface area contributed by atoms with E-state index in [1.807, 2.05) is 42.9 Å². The number of aryl methyl sites for hydroxylation is 1. The summed E-state index contributed by atoms with van der Waals surface area (Å²) in [6, 6.07) is 8.60. The van der Waals surface area contributed by atoms with E-state index in [-0.39, 0.29) is 16.6 Å². The van der Waals surface area contributed by atoms with Crippen LogP contribution in [0.2, 0.25) is 0 Å². The monoisotopic (exact) mass is 415 g/mol. The number of nitrogens with zero attached hydrogens (tertiary/aromatic N) is 4. The second kappa shape index (κ2) is 7.05. The number of aromatic nitrogens is 3. The zero-order valence-corrected chi connectivity index (χ0v) is 17.3. The summed E-state index contributed by atoms with van der Waals surface area (Å²) in [5.41, 5.74) is 1.92. The second-order valence-corrected chi connectivity index (χ2v) is 8.64. The van der Waals surface area contributed by atoms with E-state index in [0.29, 0.717) is 22.9 Å². The molecule has 0 bridgehead atoms. The van der Waals surface area contributed by atoms with Gasteiger partial charge in [0.15, 0.2) is 11.4 Å². The van der Waals surface area contributed by atoms with Crippen molar-refractivity contribution in [3.05, 3.63) is 42.2 Å². The van der Waals surface area contributed by atoms with Gasteiger partial charge in [-0.3, -0.25) is 4.72 Å². The van der Waals surface area contributed by atoms with Gasteiger partial charge >= 0.3 is 0 Å². The lowest BCUT2D eigenvalue weighted by Gasteiger charge is -2.11. The van der Waals surface area contributed by atoms with Gasteiger partial charge in [-0.2, -0.15) is 0 Å². The Kier molecular flexibility index (Phi) is 4.67. The fourth-order valence-electron chi connectivity index (χ4n) is 3.29. The molecule has 0 amide bonds. The van der Waals surface area contributed by atoms with Crippen LogP contribution in [0.25, 0.3) is 21.9 Å². The molecule has 152 valence electrons. The number of methoxy groups -OCH3 is 1. The molecule has 0 spiro atoms. The molecule has 0 aliphatic rings. The zero-order valence-electron chi connectivity index (χ0n) is 16.5. The fourth-order valence-corrected chi connectivity index (χ4v) is 4.51. The fraction of sp³-hybridized carbons (Fsp3) is 0.263. The number of sulfonamides is 1. The minimum atomic E-state index is -3.92. The lowest BCUT2D eigenvalue weighted by atomic mass is 10.2. The van der Waals surface area contributed by atoms with Gasteiger partial charge in [0.1, 0.15) is 5.39 Å². The van der Waals surface area contributed by atoms with Crippen molar-refractivity contribution >= 4 is 37.7 Å². The second-order valence-electron chi connectivity index (χ2n) is 6.99. The maximum atomic E-state index is 13.1. The minimum absolute atomic E-state index is 0.0358. The van der Waals surface area contributed by atoms with E-state index in [4.69, 9.17) is 9.26 Å². The molecule has 0 atom stereocenters. The first kappa shape index (κ1) is 19.2. The Morgan fingerprint density at radius 3 is 2.79 bits per heavy atom. The van der Waals surface area contributed by atoms with Crippen molar-refractivity contribution in [2.75, 3.05) is 25.9 Å². The van der Waals surface area contributed by atoms with Crippen LogP contribution < -0.4 is 9.46 Å². The molecule has 0 unspecified atom stereocenters. The number of hydrogen-bond donors (Lipinski definition) is 1. The van der Waals surface area contributed by atoms with E-state index in [9.17, 15) is 8.42 Å². The molecular formula is C19H21N5O4S. The van der Waals surface area contributed by atoms with Crippen molar-refractivity contribution in [2.24, 2.45) is 7.05 Å². The Morgan fingerprint density at radius 1 is 1.28 bits per heavy atom. The highest BCUT2D eigenvalue weighted by molar-refractivity contribution is 7.93. The number of rotatable bonds is 6. The summed E-state index contributed by atoms with van der Waals surface area (Å²) in [5, 5.41) is 4.91. The molecule has 1 aromatic carbocycles. The molecule has 0 saturated carbocycles. The summed E-state index contributed by atoms with van der Waals surface area (Å²) in [6.07, 6.45) is 1.81. The van der Waals surface area contributed by atoms with Crippen molar-refractivity contribution in [1.82, 2.24) is 19.6 Å². The van der Waals surface area contributed by atoms with Gasteiger partial charge in [-0.25, -0.2) is 13.4 Å². The molecule has 4 rings (SSSR count). The highest BCUT2D eigenvalue weighted by Gasteiger charge is 2.24. The zero-order chi connectivity index (χ0) is 20.8. The lowest BCUT2D eigenvalue weighted by molar-refractivity contribution is 0.379. The minimum Gasteiger partial charge on any atom is -0.480 e. The maximum absolute atomic E-state index is 13.1.